The summed E-state index contributed by atoms with van der Waals surface area (Å²) in [5, 5.41) is 11.4. The third-order valence-electron chi connectivity index (χ3n) is 6.04. The predicted molar refractivity (Wildman–Crippen MR) is 130 cm³/mol. The summed E-state index contributed by atoms with van der Waals surface area (Å²) in [5.41, 5.74) is 0.140. The number of methoxy groups -OCH3 is 2. The molecule has 0 saturated carbocycles. The topological polar surface area (TPSA) is 93.1 Å². The molecule has 1 aromatic rings. The van der Waals surface area contributed by atoms with Crippen LogP contribution in [0.5, 0.6) is 17.2 Å². The maximum atomic E-state index is 12.3. The van der Waals surface area contributed by atoms with Crippen molar-refractivity contribution in [3.8, 4) is 17.2 Å². The first-order valence-corrected chi connectivity index (χ1v) is 12.6. The van der Waals surface area contributed by atoms with Crippen LogP contribution in [-0.2, 0) is 10.1 Å². The van der Waals surface area contributed by atoms with E-state index in [4.69, 9.17) is 9.47 Å². The van der Waals surface area contributed by atoms with Gasteiger partial charge in [0, 0.05) is 17.0 Å². The summed E-state index contributed by atoms with van der Waals surface area (Å²) in [6.07, 6.45) is 1.67. The highest BCUT2D eigenvalue weighted by molar-refractivity contribution is 7.86. The zero-order valence-corrected chi connectivity index (χ0v) is 22.8. The Kier molecular flexibility index (Phi) is 8.40. The lowest BCUT2D eigenvalue weighted by Gasteiger charge is -2.49. The van der Waals surface area contributed by atoms with Gasteiger partial charge in [-0.3, -0.25) is 4.55 Å². The molecule has 0 fully saturated rings. The molecule has 1 rings (SSSR count). The molecule has 2 N–H and O–H groups in total. The Morgan fingerprint density at radius 2 is 1.38 bits per heavy atom. The standard InChI is InChI=1S/C25H44O6S/c1-15(2)13-24(7,8)22(25(9,10)14-23(4,5)6)17-18(26)21(32(27,28)29)20(31-12)16(3)19(17)30-11/h15,22,26H,13-14H2,1-12H3,(H,27,28,29). The first-order chi connectivity index (χ1) is 14.2. The molecule has 0 aromatic heterocycles. The van der Waals surface area contributed by atoms with Crippen LogP contribution in [0.4, 0.5) is 0 Å². The fourth-order valence-electron chi connectivity index (χ4n) is 6.31. The number of ether oxygens (including phenoxy) is 2. The van der Waals surface area contributed by atoms with Crippen LogP contribution in [0.1, 0.15) is 92.2 Å². The molecule has 1 unspecified atom stereocenters. The summed E-state index contributed by atoms with van der Waals surface area (Å²) < 4.78 is 45.7. The minimum atomic E-state index is -4.76. The molecule has 7 heteroatoms. The maximum absolute atomic E-state index is 12.3. The lowest BCUT2D eigenvalue weighted by atomic mass is 9.56. The van der Waals surface area contributed by atoms with E-state index in [0.29, 0.717) is 22.8 Å². The highest BCUT2D eigenvalue weighted by atomic mass is 32.2. The van der Waals surface area contributed by atoms with Gasteiger partial charge in [-0.15, -0.1) is 0 Å². The molecule has 0 aliphatic rings. The van der Waals surface area contributed by atoms with E-state index in [0.717, 1.165) is 12.8 Å². The van der Waals surface area contributed by atoms with E-state index >= 15 is 0 Å². The molecule has 0 aliphatic heterocycles. The van der Waals surface area contributed by atoms with Gasteiger partial charge < -0.3 is 14.6 Å². The van der Waals surface area contributed by atoms with Crippen LogP contribution in [0.2, 0.25) is 0 Å². The zero-order valence-electron chi connectivity index (χ0n) is 22.0. The summed E-state index contributed by atoms with van der Waals surface area (Å²) in [6, 6.07) is 0. The van der Waals surface area contributed by atoms with Crippen LogP contribution in [0, 0.1) is 29.1 Å². The third-order valence-corrected chi connectivity index (χ3v) is 6.94. The Hall–Kier alpha value is -1.47. The van der Waals surface area contributed by atoms with Crippen LogP contribution in [-0.4, -0.2) is 32.3 Å². The van der Waals surface area contributed by atoms with Gasteiger partial charge in [-0.25, -0.2) is 0 Å². The first kappa shape index (κ1) is 28.6. The molecule has 186 valence electrons. The first-order valence-electron chi connectivity index (χ1n) is 11.2. The maximum Gasteiger partial charge on any atom is 0.301 e. The minimum Gasteiger partial charge on any atom is -0.506 e. The predicted octanol–water partition coefficient (Wildman–Crippen LogP) is 6.58. The quantitative estimate of drug-likeness (QED) is 0.394. The number of aromatic hydroxyl groups is 1. The average molecular weight is 473 g/mol. The molecule has 0 radical (unpaired) electrons. The van der Waals surface area contributed by atoms with Gasteiger partial charge in [0.15, 0.2) is 4.90 Å². The smallest absolute Gasteiger partial charge is 0.301 e. The fourth-order valence-corrected chi connectivity index (χ4v) is 7.13. The fraction of sp³-hybridized carbons (Fsp3) is 0.760. The zero-order chi connectivity index (χ0) is 25.4. The van der Waals surface area contributed by atoms with Gasteiger partial charge in [-0.2, -0.15) is 8.42 Å². The van der Waals surface area contributed by atoms with Crippen molar-refractivity contribution in [1.82, 2.24) is 0 Å². The number of hydrogen-bond donors (Lipinski definition) is 2. The summed E-state index contributed by atoms with van der Waals surface area (Å²) >= 11 is 0. The van der Waals surface area contributed by atoms with E-state index in [1.54, 1.807) is 6.92 Å². The molecule has 0 spiro atoms. The van der Waals surface area contributed by atoms with Crippen molar-refractivity contribution in [2.45, 2.75) is 92.9 Å². The van der Waals surface area contributed by atoms with Gasteiger partial charge >= 0.3 is 10.1 Å². The van der Waals surface area contributed by atoms with Gasteiger partial charge in [-0.05, 0) is 41.9 Å². The molecule has 0 amide bonds. The highest BCUT2D eigenvalue weighted by Crippen LogP contribution is 2.60. The van der Waals surface area contributed by atoms with Crippen LogP contribution >= 0.6 is 0 Å². The van der Waals surface area contributed by atoms with E-state index in [2.05, 4.69) is 62.3 Å². The second-order valence-corrected chi connectivity index (χ2v) is 13.4. The Morgan fingerprint density at radius 3 is 1.72 bits per heavy atom. The molecule has 6 nitrogen and oxygen atoms in total. The van der Waals surface area contributed by atoms with Crippen molar-refractivity contribution in [3.05, 3.63) is 11.1 Å². The molecule has 0 bridgehead atoms. The minimum absolute atomic E-state index is 0.00802. The summed E-state index contributed by atoms with van der Waals surface area (Å²) in [7, 11) is -1.95. The van der Waals surface area contributed by atoms with Gasteiger partial charge in [0.25, 0.3) is 0 Å². The van der Waals surface area contributed by atoms with Crippen molar-refractivity contribution in [2.75, 3.05) is 14.2 Å². The van der Waals surface area contributed by atoms with Crippen molar-refractivity contribution < 1.29 is 27.6 Å². The van der Waals surface area contributed by atoms with E-state index < -0.39 is 20.8 Å². The molecular formula is C25H44O6S. The van der Waals surface area contributed by atoms with E-state index in [1.807, 2.05) is 0 Å². The number of rotatable bonds is 9. The Balaban J connectivity index is 4.22. The molecule has 32 heavy (non-hydrogen) atoms. The summed E-state index contributed by atoms with van der Waals surface area (Å²) in [6.45, 7) is 21.1. The Morgan fingerprint density at radius 1 is 0.906 bits per heavy atom. The molecule has 0 aliphatic carbocycles. The molecular weight excluding hydrogens is 428 g/mol. The SMILES string of the molecule is COc1c(C)c(OC)c(S(=O)(=O)O)c(O)c1C(C(C)(C)CC(C)C)C(C)(C)CC(C)(C)C. The number of phenols is 1. The number of phenolic OH excluding ortho intramolecular Hbond substituents is 1. The van der Waals surface area contributed by atoms with E-state index in [1.165, 1.54) is 14.2 Å². The van der Waals surface area contributed by atoms with Crippen molar-refractivity contribution >= 4 is 10.1 Å². The number of benzene rings is 1. The lowest BCUT2D eigenvalue weighted by molar-refractivity contribution is 0.0750. The monoisotopic (exact) mass is 472 g/mol. The van der Waals surface area contributed by atoms with Crippen molar-refractivity contribution in [1.29, 1.82) is 0 Å². The van der Waals surface area contributed by atoms with Crippen LogP contribution in [0.15, 0.2) is 4.90 Å². The molecule has 0 saturated heterocycles. The summed E-state index contributed by atoms with van der Waals surface area (Å²) in [4.78, 5) is -0.606. The molecule has 1 aromatic carbocycles. The average Bonchev–Trinajstić information content (AvgIpc) is 2.52. The Bertz CT molecular complexity index is 921. The second kappa shape index (κ2) is 9.41. The van der Waals surface area contributed by atoms with Crippen LogP contribution in [0.3, 0.4) is 0 Å². The van der Waals surface area contributed by atoms with Crippen LogP contribution < -0.4 is 9.47 Å². The van der Waals surface area contributed by atoms with Crippen molar-refractivity contribution in [3.63, 3.8) is 0 Å². The van der Waals surface area contributed by atoms with Gasteiger partial charge in [-0.1, -0.05) is 62.3 Å². The largest absolute Gasteiger partial charge is 0.506 e. The third kappa shape index (κ3) is 6.10. The van der Waals surface area contributed by atoms with E-state index in [9.17, 15) is 18.1 Å². The molecule has 0 heterocycles. The summed E-state index contributed by atoms with van der Waals surface area (Å²) in [5.74, 6) is -0.131. The molecule has 1 atom stereocenters. The normalized spacial score (nSPS) is 14.6. The second-order valence-electron chi connectivity index (χ2n) is 12.0. The number of hydrogen-bond acceptors (Lipinski definition) is 5. The Labute approximate surface area is 195 Å². The highest BCUT2D eigenvalue weighted by Gasteiger charge is 2.48. The van der Waals surface area contributed by atoms with Crippen LogP contribution in [0.25, 0.3) is 0 Å². The lowest BCUT2D eigenvalue weighted by Crippen LogP contribution is -2.38. The van der Waals surface area contributed by atoms with Gasteiger partial charge in [0.1, 0.15) is 17.2 Å². The van der Waals surface area contributed by atoms with E-state index in [-0.39, 0.29) is 27.9 Å². The van der Waals surface area contributed by atoms with Gasteiger partial charge in [0.05, 0.1) is 14.2 Å². The van der Waals surface area contributed by atoms with Gasteiger partial charge in [0.2, 0.25) is 0 Å². The van der Waals surface area contributed by atoms with Crippen molar-refractivity contribution in [2.24, 2.45) is 22.2 Å².